The Bertz CT molecular complexity index is 207. The number of nitrogens with one attached hydrogen (secondary N) is 1. The van der Waals surface area contributed by atoms with Crippen LogP contribution < -0.4 is 5.48 Å². The first-order valence-corrected chi connectivity index (χ1v) is 3.77. The molecule has 10 heavy (non-hydrogen) atoms. The molecule has 60 valence electrons. The van der Waals surface area contributed by atoms with Crippen LogP contribution in [0.25, 0.3) is 0 Å². The molecule has 0 heterocycles. The van der Waals surface area contributed by atoms with Crippen molar-refractivity contribution in [1.82, 2.24) is 5.48 Å². The molecule has 0 aliphatic rings. The molecule has 0 atom stereocenters. The standard InChI is InChI=1S/C3H7NO5S/c1-2-3(5)4-9-10(6,7)8/h2H2,1H3,(H,4,5)(H,6,7,8). The van der Waals surface area contributed by atoms with Crippen molar-refractivity contribution in [3.8, 4) is 0 Å². The molecule has 6 nitrogen and oxygen atoms in total. The Morgan fingerprint density at radius 1 is 1.70 bits per heavy atom. The van der Waals surface area contributed by atoms with Gasteiger partial charge >= 0.3 is 10.4 Å². The summed E-state index contributed by atoms with van der Waals surface area (Å²) in [5.74, 6) is -0.627. The lowest BCUT2D eigenvalue weighted by atomic mass is 10.5. The molecule has 0 saturated carbocycles. The Hall–Kier alpha value is -0.660. The molecule has 0 aliphatic heterocycles. The molecule has 7 heteroatoms. The van der Waals surface area contributed by atoms with E-state index in [0.29, 0.717) is 0 Å². The van der Waals surface area contributed by atoms with E-state index in [1.165, 1.54) is 12.4 Å². The van der Waals surface area contributed by atoms with Gasteiger partial charge < -0.3 is 0 Å². The first-order chi connectivity index (χ1) is 4.45. The third-order valence-corrected chi connectivity index (χ3v) is 0.876. The van der Waals surface area contributed by atoms with Crippen molar-refractivity contribution in [3.63, 3.8) is 0 Å². The van der Waals surface area contributed by atoms with Crippen LogP contribution in [0, 0.1) is 0 Å². The Kier molecular flexibility index (Phi) is 3.26. The van der Waals surface area contributed by atoms with Crippen LogP contribution in [0.15, 0.2) is 0 Å². The molecular formula is C3H7NO5S. The smallest absolute Gasteiger partial charge is 0.273 e. The van der Waals surface area contributed by atoms with Crippen LogP contribution in [0.4, 0.5) is 0 Å². The number of hydrogen-bond donors (Lipinski definition) is 2. The second kappa shape index (κ2) is 3.49. The van der Waals surface area contributed by atoms with E-state index in [1.807, 2.05) is 0 Å². The maximum absolute atomic E-state index is 10.2. The van der Waals surface area contributed by atoms with Crippen molar-refractivity contribution < 1.29 is 22.0 Å². The predicted octanol–water partition coefficient (Wildman–Crippen LogP) is -0.753. The van der Waals surface area contributed by atoms with Gasteiger partial charge in [-0.05, 0) is 0 Å². The third kappa shape index (κ3) is 5.48. The van der Waals surface area contributed by atoms with Gasteiger partial charge in [-0.3, -0.25) is 9.35 Å². The van der Waals surface area contributed by atoms with E-state index in [4.69, 9.17) is 4.55 Å². The van der Waals surface area contributed by atoms with Crippen LogP contribution in [0.1, 0.15) is 13.3 Å². The van der Waals surface area contributed by atoms with Crippen LogP contribution in [0.5, 0.6) is 0 Å². The fourth-order valence-corrected chi connectivity index (χ4v) is 0.370. The molecule has 0 aromatic carbocycles. The van der Waals surface area contributed by atoms with Crippen molar-refractivity contribution in [3.05, 3.63) is 0 Å². The number of rotatable bonds is 3. The van der Waals surface area contributed by atoms with E-state index in [0.717, 1.165) is 0 Å². The summed E-state index contributed by atoms with van der Waals surface area (Å²) in [7, 11) is -4.56. The number of carbonyl (C=O) groups excluding carboxylic acids is 1. The van der Waals surface area contributed by atoms with E-state index >= 15 is 0 Å². The second-order valence-electron chi connectivity index (χ2n) is 1.39. The maximum Gasteiger partial charge on any atom is 0.418 e. The van der Waals surface area contributed by atoms with Gasteiger partial charge in [0.15, 0.2) is 0 Å². The minimum atomic E-state index is -4.56. The fourth-order valence-electron chi connectivity index (χ4n) is 0.171. The molecule has 0 unspecified atom stereocenters. The topological polar surface area (TPSA) is 92.7 Å². The van der Waals surface area contributed by atoms with Crippen molar-refractivity contribution in [2.24, 2.45) is 0 Å². The van der Waals surface area contributed by atoms with Gasteiger partial charge in [-0.25, -0.2) is 5.48 Å². The zero-order valence-corrected chi connectivity index (χ0v) is 6.01. The average molecular weight is 169 g/mol. The summed E-state index contributed by atoms with van der Waals surface area (Å²) in [5.41, 5.74) is 1.50. The van der Waals surface area contributed by atoms with E-state index in [2.05, 4.69) is 4.28 Å². The van der Waals surface area contributed by atoms with Gasteiger partial charge in [0.2, 0.25) is 5.91 Å². The fraction of sp³-hybridized carbons (Fsp3) is 0.667. The Balaban J connectivity index is 3.67. The summed E-state index contributed by atoms with van der Waals surface area (Å²) < 4.78 is 30.9. The van der Waals surface area contributed by atoms with Crippen molar-refractivity contribution >= 4 is 16.3 Å². The van der Waals surface area contributed by atoms with Crippen molar-refractivity contribution in [2.75, 3.05) is 0 Å². The van der Waals surface area contributed by atoms with Crippen LogP contribution in [-0.2, 0) is 19.5 Å². The molecule has 0 aliphatic carbocycles. The maximum atomic E-state index is 10.2. The molecule has 2 N–H and O–H groups in total. The van der Waals surface area contributed by atoms with E-state index in [9.17, 15) is 13.2 Å². The van der Waals surface area contributed by atoms with Gasteiger partial charge in [0.05, 0.1) is 0 Å². The SMILES string of the molecule is CCC(=O)NOS(=O)(=O)O. The Morgan fingerprint density at radius 3 is 2.50 bits per heavy atom. The van der Waals surface area contributed by atoms with Gasteiger partial charge in [-0.1, -0.05) is 6.92 Å². The summed E-state index contributed by atoms with van der Waals surface area (Å²) in [6.45, 7) is 1.50. The molecule has 0 aromatic heterocycles. The summed E-state index contributed by atoms with van der Waals surface area (Å²) in [6.07, 6.45) is 0.0789. The predicted molar refractivity (Wildman–Crippen MR) is 31.1 cm³/mol. The third-order valence-electron chi connectivity index (χ3n) is 0.582. The number of hydrogen-bond acceptors (Lipinski definition) is 4. The Morgan fingerprint density at radius 2 is 2.20 bits per heavy atom. The van der Waals surface area contributed by atoms with E-state index in [1.54, 1.807) is 0 Å². The largest absolute Gasteiger partial charge is 0.418 e. The van der Waals surface area contributed by atoms with Crippen LogP contribution in [0.3, 0.4) is 0 Å². The minimum Gasteiger partial charge on any atom is -0.273 e. The normalized spacial score (nSPS) is 11.0. The second-order valence-corrected chi connectivity index (χ2v) is 2.41. The Labute approximate surface area is 58.1 Å². The van der Waals surface area contributed by atoms with Gasteiger partial charge in [0.25, 0.3) is 0 Å². The summed E-state index contributed by atoms with van der Waals surface area (Å²) >= 11 is 0. The number of carbonyl (C=O) groups is 1. The van der Waals surface area contributed by atoms with Crippen LogP contribution in [-0.4, -0.2) is 18.9 Å². The highest BCUT2D eigenvalue weighted by molar-refractivity contribution is 7.80. The average Bonchev–Trinajstić information content (AvgIpc) is 1.81. The number of amides is 1. The molecule has 1 amide bonds. The molecule has 0 fully saturated rings. The van der Waals surface area contributed by atoms with E-state index in [-0.39, 0.29) is 6.42 Å². The van der Waals surface area contributed by atoms with Gasteiger partial charge in [0.1, 0.15) is 0 Å². The molecule has 0 saturated heterocycles. The molecule has 0 bridgehead atoms. The quantitative estimate of drug-likeness (QED) is 0.428. The first kappa shape index (κ1) is 9.34. The van der Waals surface area contributed by atoms with Gasteiger partial charge in [0, 0.05) is 6.42 Å². The highest BCUT2D eigenvalue weighted by atomic mass is 32.3. The molecule has 0 radical (unpaired) electrons. The molecular weight excluding hydrogens is 162 g/mol. The molecule has 0 aromatic rings. The lowest BCUT2D eigenvalue weighted by Crippen LogP contribution is -2.25. The zero-order valence-electron chi connectivity index (χ0n) is 5.20. The molecule has 0 spiro atoms. The highest BCUT2D eigenvalue weighted by Gasteiger charge is 2.05. The lowest BCUT2D eigenvalue weighted by Gasteiger charge is -1.97. The van der Waals surface area contributed by atoms with Crippen LogP contribution >= 0.6 is 0 Å². The summed E-state index contributed by atoms with van der Waals surface area (Å²) in [6, 6.07) is 0. The lowest BCUT2D eigenvalue weighted by molar-refractivity contribution is -0.127. The summed E-state index contributed by atoms with van der Waals surface area (Å²) in [5, 5.41) is 0. The molecule has 0 rings (SSSR count). The monoisotopic (exact) mass is 169 g/mol. The van der Waals surface area contributed by atoms with Crippen molar-refractivity contribution in [1.29, 1.82) is 0 Å². The summed E-state index contributed by atoms with van der Waals surface area (Å²) in [4.78, 5) is 10.2. The van der Waals surface area contributed by atoms with E-state index < -0.39 is 16.3 Å². The van der Waals surface area contributed by atoms with Gasteiger partial charge in [-0.2, -0.15) is 8.42 Å². The first-order valence-electron chi connectivity index (χ1n) is 2.40. The van der Waals surface area contributed by atoms with Gasteiger partial charge in [-0.15, -0.1) is 4.28 Å². The zero-order chi connectivity index (χ0) is 8.20. The van der Waals surface area contributed by atoms with Crippen LogP contribution in [0.2, 0.25) is 0 Å². The minimum absolute atomic E-state index is 0.0789. The highest BCUT2D eigenvalue weighted by Crippen LogP contribution is 1.81. The van der Waals surface area contributed by atoms with Crippen molar-refractivity contribution in [2.45, 2.75) is 13.3 Å². The number of hydroxylamine groups is 1.